The van der Waals surface area contributed by atoms with Gasteiger partial charge in [-0.05, 0) is 29.8 Å². The highest BCUT2D eigenvalue weighted by molar-refractivity contribution is 7.89. The van der Waals surface area contributed by atoms with Gasteiger partial charge in [0.1, 0.15) is 5.75 Å². The second-order valence-corrected chi connectivity index (χ2v) is 6.50. The number of benzene rings is 2. The molecule has 1 atom stereocenters. The quantitative estimate of drug-likeness (QED) is 0.829. The average molecular weight is 361 g/mol. The summed E-state index contributed by atoms with van der Waals surface area (Å²) in [7, 11) is -4.03. The Morgan fingerprint density at radius 1 is 1.04 bits per heavy atom. The summed E-state index contributed by atoms with van der Waals surface area (Å²) in [5.74, 6) is -0.525. The summed E-state index contributed by atoms with van der Waals surface area (Å²) < 4.78 is 66.9. The van der Waals surface area contributed by atoms with Crippen LogP contribution in [0.15, 0.2) is 59.5 Å². The van der Waals surface area contributed by atoms with Crippen LogP contribution in [0.3, 0.4) is 0 Å². The predicted molar refractivity (Wildman–Crippen MR) is 79.7 cm³/mol. The van der Waals surface area contributed by atoms with Crippen molar-refractivity contribution in [2.24, 2.45) is 0 Å². The zero-order valence-electron chi connectivity index (χ0n) is 12.2. The number of rotatable bonds is 6. The Bertz CT molecular complexity index is 762. The van der Waals surface area contributed by atoms with Gasteiger partial charge in [-0.1, -0.05) is 30.3 Å². The first-order chi connectivity index (χ1) is 11.2. The molecule has 1 unspecified atom stereocenters. The topological polar surface area (TPSA) is 75.6 Å². The van der Waals surface area contributed by atoms with Crippen molar-refractivity contribution in [2.75, 3.05) is 6.61 Å². The maximum atomic E-state index is 12.3. The number of hydrogen-bond donors (Lipinski definition) is 2. The first-order valence-corrected chi connectivity index (χ1v) is 8.23. The lowest BCUT2D eigenvalue weighted by atomic mass is 10.1. The first-order valence-electron chi connectivity index (χ1n) is 6.75. The van der Waals surface area contributed by atoms with Gasteiger partial charge in [0, 0.05) is 0 Å². The van der Waals surface area contributed by atoms with Crippen LogP contribution in [-0.4, -0.2) is 26.5 Å². The molecule has 0 aromatic heterocycles. The molecular weight excluding hydrogens is 347 g/mol. The molecule has 0 saturated carbocycles. The standard InChI is InChI=1S/C15H14F3NO4S/c16-15(17,18)23-12-6-8-13(9-7-12)24(21,22)19-14(10-20)11-4-2-1-3-5-11/h1-9,14,19-20H,10H2. The zero-order valence-corrected chi connectivity index (χ0v) is 13.0. The van der Waals surface area contributed by atoms with Crippen molar-refractivity contribution in [1.29, 1.82) is 0 Å². The van der Waals surface area contributed by atoms with E-state index >= 15 is 0 Å². The molecule has 0 heterocycles. The highest BCUT2D eigenvalue weighted by Crippen LogP contribution is 2.24. The Balaban J connectivity index is 2.17. The Kier molecular flexibility index (Phi) is 5.47. The predicted octanol–water partition coefficient (Wildman–Crippen LogP) is 2.60. The maximum absolute atomic E-state index is 12.3. The molecule has 0 amide bonds. The fraction of sp³-hybridized carbons (Fsp3) is 0.200. The van der Waals surface area contributed by atoms with Crippen molar-refractivity contribution >= 4 is 10.0 Å². The summed E-state index contributed by atoms with van der Waals surface area (Å²) in [5, 5.41) is 9.39. The van der Waals surface area contributed by atoms with Gasteiger partial charge in [0.25, 0.3) is 0 Å². The highest BCUT2D eigenvalue weighted by Gasteiger charge is 2.31. The van der Waals surface area contributed by atoms with Crippen LogP contribution in [0.5, 0.6) is 5.75 Å². The molecular formula is C15H14F3NO4S. The molecule has 9 heteroatoms. The largest absolute Gasteiger partial charge is 0.573 e. The Morgan fingerprint density at radius 2 is 1.62 bits per heavy atom. The van der Waals surface area contributed by atoms with E-state index in [1.54, 1.807) is 30.3 Å². The van der Waals surface area contributed by atoms with Crippen molar-refractivity contribution in [3.05, 3.63) is 60.2 Å². The minimum absolute atomic E-state index is 0.244. The third-order valence-corrected chi connectivity index (χ3v) is 4.54. The lowest BCUT2D eigenvalue weighted by Gasteiger charge is -2.17. The highest BCUT2D eigenvalue weighted by atomic mass is 32.2. The van der Waals surface area contributed by atoms with Crippen LogP contribution in [0.1, 0.15) is 11.6 Å². The summed E-state index contributed by atoms with van der Waals surface area (Å²) in [6.07, 6.45) is -4.85. The molecule has 0 fully saturated rings. The van der Waals surface area contributed by atoms with Crippen molar-refractivity contribution in [3.8, 4) is 5.75 Å². The normalized spacial score (nSPS) is 13.5. The van der Waals surface area contributed by atoms with Gasteiger partial charge < -0.3 is 9.84 Å². The number of hydrogen-bond acceptors (Lipinski definition) is 4. The van der Waals surface area contributed by atoms with Gasteiger partial charge in [0.05, 0.1) is 17.5 Å². The SMILES string of the molecule is O=S(=O)(NC(CO)c1ccccc1)c1ccc(OC(F)(F)F)cc1. The summed E-state index contributed by atoms with van der Waals surface area (Å²) in [4.78, 5) is -0.244. The number of sulfonamides is 1. The van der Waals surface area contributed by atoms with Crippen LogP contribution in [0.4, 0.5) is 13.2 Å². The van der Waals surface area contributed by atoms with Crippen LogP contribution in [0, 0.1) is 0 Å². The second-order valence-electron chi connectivity index (χ2n) is 4.79. The Labute approximate surface area is 136 Å². The molecule has 0 bridgehead atoms. The number of nitrogens with one attached hydrogen (secondary N) is 1. The van der Waals surface area contributed by atoms with Crippen molar-refractivity contribution in [3.63, 3.8) is 0 Å². The molecule has 2 rings (SSSR count). The van der Waals surface area contributed by atoms with Gasteiger partial charge >= 0.3 is 6.36 Å². The van der Waals surface area contributed by atoms with Crippen LogP contribution in [0.2, 0.25) is 0 Å². The summed E-state index contributed by atoms with van der Waals surface area (Å²) in [6.45, 7) is -0.474. The molecule has 2 aromatic carbocycles. The molecule has 130 valence electrons. The smallest absolute Gasteiger partial charge is 0.406 e. The van der Waals surface area contributed by atoms with Crippen molar-refractivity contribution in [2.45, 2.75) is 17.3 Å². The summed E-state index contributed by atoms with van der Waals surface area (Å²) in [6, 6.07) is 11.3. The number of aliphatic hydroxyl groups excluding tert-OH is 1. The third kappa shape index (κ3) is 4.95. The molecule has 0 aliphatic heterocycles. The van der Waals surface area contributed by atoms with Crippen LogP contribution in [-0.2, 0) is 10.0 Å². The fourth-order valence-corrected chi connectivity index (χ4v) is 3.19. The Hall–Kier alpha value is -2.10. The monoisotopic (exact) mass is 361 g/mol. The first kappa shape index (κ1) is 18.2. The van der Waals surface area contributed by atoms with E-state index in [9.17, 15) is 26.7 Å². The maximum Gasteiger partial charge on any atom is 0.573 e. The van der Waals surface area contributed by atoms with E-state index in [1.807, 2.05) is 0 Å². The molecule has 0 saturated heterocycles. The number of alkyl halides is 3. The molecule has 0 aliphatic carbocycles. The fourth-order valence-electron chi connectivity index (χ4n) is 1.97. The second kappa shape index (κ2) is 7.20. The van der Waals surface area contributed by atoms with Crippen LogP contribution in [0.25, 0.3) is 0 Å². The van der Waals surface area contributed by atoms with E-state index in [2.05, 4.69) is 9.46 Å². The third-order valence-electron chi connectivity index (χ3n) is 3.05. The van der Waals surface area contributed by atoms with Gasteiger partial charge in [-0.3, -0.25) is 0 Å². The lowest BCUT2D eigenvalue weighted by Crippen LogP contribution is -2.30. The number of aliphatic hydroxyl groups is 1. The molecule has 24 heavy (non-hydrogen) atoms. The lowest BCUT2D eigenvalue weighted by molar-refractivity contribution is -0.274. The van der Waals surface area contributed by atoms with Gasteiger partial charge in [-0.15, -0.1) is 13.2 Å². The van der Waals surface area contributed by atoms with Crippen LogP contribution < -0.4 is 9.46 Å². The van der Waals surface area contributed by atoms with Gasteiger partial charge in [0.15, 0.2) is 0 Å². The van der Waals surface area contributed by atoms with E-state index in [-0.39, 0.29) is 4.90 Å². The van der Waals surface area contributed by atoms with E-state index < -0.39 is 34.8 Å². The molecule has 0 spiro atoms. The van der Waals surface area contributed by atoms with Crippen LogP contribution >= 0.6 is 0 Å². The van der Waals surface area contributed by atoms with Gasteiger partial charge in [-0.25, -0.2) is 13.1 Å². The zero-order chi connectivity index (χ0) is 17.8. The Morgan fingerprint density at radius 3 is 2.12 bits per heavy atom. The molecule has 5 nitrogen and oxygen atoms in total. The average Bonchev–Trinajstić information content (AvgIpc) is 2.52. The summed E-state index contributed by atoms with van der Waals surface area (Å²) in [5.41, 5.74) is 0.556. The number of ether oxygens (including phenoxy) is 1. The molecule has 0 radical (unpaired) electrons. The molecule has 2 N–H and O–H groups in total. The minimum atomic E-state index is -4.85. The minimum Gasteiger partial charge on any atom is -0.406 e. The van der Waals surface area contributed by atoms with Crippen molar-refractivity contribution in [1.82, 2.24) is 4.72 Å². The summed E-state index contributed by atoms with van der Waals surface area (Å²) >= 11 is 0. The van der Waals surface area contributed by atoms with E-state index in [0.29, 0.717) is 5.56 Å². The molecule has 2 aromatic rings. The van der Waals surface area contributed by atoms with Gasteiger partial charge in [-0.2, -0.15) is 0 Å². The number of halogens is 3. The van der Waals surface area contributed by atoms with Crippen molar-refractivity contribution < 1.29 is 31.4 Å². The van der Waals surface area contributed by atoms with E-state index in [1.165, 1.54) is 0 Å². The molecule has 0 aliphatic rings. The van der Waals surface area contributed by atoms with E-state index in [4.69, 9.17) is 0 Å². The van der Waals surface area contributed by atoms with Gasteiger partial charge in [0.2, 0.25) is 10.0 Å². The van der Waals surface area contributed by atoms with E-state index in [0.717, 1.165) is 24.3 Å².